The number of amides is 5. The van der Waals surface area contributed by atoms with Crippen LogP contribution in [0.3, 0.4) is 0 Å². The van der Waals surface area contributed by atoms with Crippen LogP contribution in [0.1, 0.15) is 71.2 Å². The predicted molar refractivity (Wildman–Crippen MR) is 218 cm³/mol. The molecule has 2 aromatic carbocycles. The Balaban J connectivity index is 0.793. The van der Waals surface area contributed by atoms with Crippen LogP contribution in [-0.4, -0.2) is 107 Å². The molecule has 1 spiro atoms. The van der Waals surface area contributed by atoms with Crippen molar-refractivity contribution < 1.29 is 38.2 Å². The average Bonchev–Trinajstić information content (AvgIpc) is 3.48. The Hall–Kier alpha value is -6.09. The number of aromatic nitrogens is 2. The molecule has 3 saturated heterocycles. The monoisotopic (exact) mass is 816 g/mol. The van der Waals surface area contributed by atoms with Gasteiger partial charge in [0, 0.05) is 82.7 Å². The molecular formula is C45H48N6O9. The van der Waals surface area contributed by atoms with Gasteiger partial charge in [0.05, 0.1) is 42.9 Å². The number of carbonyl (C=O) groups is 5. The van der Waals surface area contributed by atoms with E-state index in [0.29, 0.717) is 48.8 Å². The molecule has 6 heterocycles. The highest BCUT2D eigenvalue weighted by atomic mass is 16.5. The molecule has 9 rings (SSSR count). The lowest BCUT2D eigenvalue weighted by Gasteiger charge is -2.54. The van der Waals surface area contributed by atoms with E-state index >= 15 is 0 Å². The van der Waals surface area contributed by atoms with E-state index in [-0.39, 0.29) is 52.7 Å². The van der Waals surface area contributed by atoms with Crippen molar-refractivity contribution in [2.75, 3.05) is 47.0 Å². The first-order valence-corrected chi connectivity index (χ1v) is 20.6. The Morgan fingerprint density at radius 3 is 2.40 bits per heavy atom. The van der Waals surface area contributed by atoms with E-state index < -0.39 is 29.7 Å². The molecule has 5 aliphatic rings. The van der Waals surface area contributed by atoms with E-state index in [1.165, 1.54) is 0 Å². The molecule has 0 radical (unpaired) electrons. The number of carbonyl (C=O) groups excluding carboxylic acids is 5. The van der Waals surface area contributed by atoms with Crippen molar-refractivity contribution in [3.63, 3.8) is 0 Å². The number of ether oxygens (including phenoxy) is 3. The summed E-state index contributed by atoms with van der Waals surface area (Å²) in [5.41, 5.74) is 2.94. The summed E-state index contributed by atoms with van der Waals surface area (Å²) in [4.78, 5) is 86.5. The number of hydrogen-bond donors (Lipinski definition) is 1. The second-order valence-electron chi connectivity index (χ2n) is 17.0. The van der Waals surface area contributed by atoms with Crippen LogP contribution in [0.25, 0.3) is 21.9 Å². The third-order valence-corrected chi connectivity index (χ3v) is 13.5. The van der Waals surface area contributed by atoms with Gasteiger partial charge < -0.3 is 23.7 Å². The molecule has 5 amide bonds. The summed E-state index contributed by atoms with van der Waals surface area (Å²) in [6, 6.07) is 9.61. The molecule has 2 unspecified atom stereocenters. The van der Waals surface area contributed by atoms with Crippen LogP contribution >= 0.6 is 0 Å². The fraction of sp³-hybridized carbons (Fsp3) is 0.444. The molecule has 4 fully saturated rings. The molecule has 2 aromatic heterocycles. The predicted octanol–water partition coefficient (Wildman–Crippen LogP) is 3.94. The average molecular weight is 817 g/mol. The number of methoxy groups -OCH3 is 2. The zero-order chi connectivity index (χ0) is 41.9. The van der Waals surface area contributed by atoms with Crippen molar-refractivity contribution >= 4 is 40.3 Å². The zero-order valence-corrected chi connectivity index (χ0v) is 34.0. The molecule has 3 atom stereocenters. The normalized spacial score (nSPS) is 23.1. The first-order valence-electron chi connectivity index (χ1n) is 20.6. The largest absolute Gasteiger partial charge is 0.496 e. The van der Waals surface area contributed by atoms with Gasteiger partial charge in [0.1, 0.15) is 23.3 Å². The number of nitrogens with one attached hydrogen (secondary N) is 1. The molecule has 0 bridgehead atoms. The number of rotatable bonds is 11. The second kappa shape index (κ2) is 15.5. The minimum atomic E-state index is -1.02. The Labute approximate surface area is 346 Å². The van der Waals surface area contributed by atoms with E-state index in [2.05, 4.69) is 15.2 Å². The number of hydrogen-bond acceptors (Lipinski definition) is 11. The van der Waals surface area contributed by atoms with Gasteiger partial charge in [-0.2, -0.15) is 0 Å². The molecule has 4 aliphatic heterocycles. The number of imide groups is 2. The van der Waals surface area contributed by atoms with Crippen LogP contribution in [-0.2, 0) is 28.0 Å². The lowest BCUT2D eigenvalue weighted by molar-refractivity contribution is -0.143. The number of piperidine rings is 2. The topological polar surface area (TPSA) is 170 Å². The maximum absolute atomic E-state index is 13.7. The van der Waals surface area contributed by atoms with Gasteiger partial charge in [-0.05, 0) is 90.8 Å². The van der Waals surface area contributed by atoms with Crippen LogP contribution < -0.4 is 25.1 Å². The fourth-order valence-electron chi connectivity index (χ4n) is 10.0. The van der Waals surface area contributed by atoms with Crippen LogP contribution in [0.5, 0.6) is 17.2 Å². The van der Waals surface area contributed by atoms with E-state index in [4.69, 9.17) is 14.2 Å². The molecule has 1 aliphatic carbocycles. The van der Waals surface area contributed by atoms with Gasteiger partial charge in [0.15, 0.2) is 0 Å². The van der Waals surface area contributed by atoms with E-state index in [0.717, 1.165) is 72.3 Å². The van der Waals surface area contributed by atoms with Gasteiger partial charge in [-0.1, -0.05) is 0 Å². The summed E-state index contributed by atoms with van der Waals surface area (Å²) in [5.74, 6) is 0.365. The fourth-order valence-corrected chi connectivity index (χ4v) is 10.0. The van der Waals surface area contributed by atoms with Crippen molar-refractivity contribution in [2.45, 2.75) is 57.5 Å². The number of benzene rings is 2. The molecule has 15 heteroatoms. The summed E-state index contributed by atoms with van der Waals surface area (Å²) in [6.07, 6.45) is 9.72. The smallest absolute Gasteiger partial charge is 0.262 e. The number of pyridine rings is 2. The molecule has 4 aromatic rings. The first kappa shape index (κ1) is 39.4. The molecule has 15 nitrogen and oxygen atoms in total. The van der Waals surface area contributed by atoms with Gasteiger partial charge in [0.2, 0.25) is 17.7 Å². The Kier molecular flexibility index (Phi) is 10.2. The van der Waals surface area contributed by atoms with Crippen LogP contribution in [0, 0.1) is 17.3 Å². The number of nitrogens with zero attached hydrogens (tertiary/aromatic N) is 5. The van der Waals surface area contributed by atoms with Crippen molar-refractivity contribution in [3.8, 4) is 28.4 Å². The van der Waals surface area contributed by atoms with Crippen molar-refractivity contribution in [1.29, 1.82) is 0 Å². The molecule has 60 heavy (non-hydrogen) atoms. The minimum absolute atomic E-state index is 0.0124. The quantitative estimate of drug-likeness (QED) is 0.218. The van der Waals surface area contributed by atoms with Gasteiger partial charge >= 0.3 is 0 Å². The van der Waals surface area contributed by atoms with Gasteiger partial charge in [-0.15, -0.1) is 0 Å². The van der Waals surface area contributed by atoms with Crippen molar-refractivity contribution in [1.82, 2.24) is 29.6 Å². The summed E-state index contributed by atoms with van der Waals surface area (Å²) in [7, 11) is 5.02. The third-order valence-electron chi connectivity index (χ3n) is 13.5. The standard InChI is InChI=1S/C45H48N6O9/c1-48-22-34(30-10-13-46-19-33(30)42(48)55)27-16-37(58-2)35(38(17-27)59-3)23-49-20-26(21-49)15-40(53)50-14-4-11-45(25-50)12-9-28(45)24-60-29-5-6-31-32(18-29)44(57)51(43(31)56)36-7-8-39(52)47-41(36)54/h5-6,10,13,16-19,22,26,28,36H,4,7-9,11-12,14-15,20-21,23-25H2,1-3H3,(H,47,52,54)/t28?,36-,45?/m1/s1. The summed E-state index contributed by atoms with van der Waals surface area (Å²) >= 11 is 0. The van der Waals surface area contributed by atoms with E-state index in [1.54, 1.807) is 56.4 Å². The third kappa shape index (κ3) is 6.87. The highest BCUT2D eigenvalue weighted by Crippen LogP contribution is 2.52. The SMILES string of the molecule is COc1cc(-c2cn(C)c(=O)c3cnccc23)cc(OC)c1CN1CC(CC(=O)N2CCCC3(CCC3COc3ccc4c(c3)C(=O)N([C@@H]3CCC(=O)NC3=O)C4=O)C2)C1. The summed E-state index contributed by atoms with van der Waals surface area (Å²) in [6.45, 7) is 4.07. The first-order chi connectivity index (χ1) is 29.0. The molecular weight excluding hydrogens is 769 g/mol. The second-order valence-corrected chi connectivity index (χ2v) is 17.0. The molecule has 312 valence electrons. The van der Waals surface area contributed by atoms with Crippen molar-refractivity contribution in [2.24, 2.45) is 24.3 Å². The lowest BCUT2D eigenvalue weighted by atomic mass is 9.57. The number of likely N-dealkylation sites (tertiary alicyclic amines) is 2. The molecule has 1 N–H and O–H groups in total. The Bertz CT molecular complexity index is 2490. The number of fused-ring (bicyclic) bond motifs is 2. The highest BCUT2D eigenvalue weighted by molar-refractivity contribution is 6.23. The van der Waals surface area contributed by atoms with Crippen molar-refractivity contribution in [3.05, 3.63) is 82.0 Å². The maximum atomic E-state index is 13.7. The number of aryl methyl sites for hydroxylation is 1. The van der Waals surface area contributed by atoms with Crippen LogP contribution in [0.2, 0.25) is 0 Å². The highest BCUT2D eigenvalue weighted by Gasteiger charge is 2.50. The van der Waals surface area contributed by atoms with Gasteiger partial charge in [-0.25, -0.2) is 0 Å². The lowest BCUT2D eigenvalue weighted by Crippen LogP contribution is -2.56. The van der Waals surface area contributed by atoms with Gasteiger partial charge in [0.25, 0.3) is 17.4 Å². The minimum Gasteiger partial charge on any atom is -0.496 e. The maximum Gasteiger partial charge on any atom is 0.262 e. The van der Waals surface area contributed by atoms with E-state index in [1.807, 2.05) is 29.3 Å². The van der Waals surface area contributed by atoms with Gasteiger partial charge in [-0.3, -0.25) is 48.9 Å². The van der Waals surface area contributed by atoms with E-state index in [9.17, 15) is 28.8 Å². The summed E-state index contributed by atoms with van der Waals surface area (Å²) < 4.78 is 19.6. The summed E-state index contributed by atoms with van der Waals surface area (Å²) in [5, 5.41) is 3.56. The Morgan fingerprint density at radius 2 is 1.68 bits per heavy atom. The zero-order valence-electron chi connectivity index (χ0n) is 34.0. The Morgan fingerprint density at radius 1 is 0.917 bits per heavy atom. The van der Waals surface area contributed by atoms with Crippen LogP contribution in [0.4, 0.5) is 0 Å². The molecule has 1 saturated carbocycles. The van der Waals surface area contributed by atoms with Crippen LogP contribution in [0.15, 0.2) is 59.8 Å².